The molecule has 6 unspecified atom stereocenters. The molecule has 5 aromatic heterocycles. The maximum atomic E-state index is 11.2. The Morgan fingerprint density at radius 2 is 1.14 bits per heavy atom. The molecular formula is C53H65BrK2N6O6P8PdS2Si2. The van der Waals surface area contributed by atoms with Gasteiger partial charge in [-0.25, -0.2) is 19.9 Å². The Morgan fingerprint density at radius 1 is 0.691 bits per heavy atom. The van der Waals surface area contributed by atoms with Gasteiger partial charge in [0.05, 0.1) is 26.7 Å². The maximum absolute atomic E-state index is 11.2. The summed E-state index contributed by atoms with van der Waals surface area (Å²) in [5, 5.41) is 7.25. The van der Waals surface area contributed by atoms with Crippen LogP contribution in [0.25, 0.3) is 52.6 Å². The van der Waals surface area contributed by atoms with Crippen molar-refractivity contribution in [1.82, 2.24) is 19.9 Å². The molecule has 28 heteroatoms. The molecule has 0 fully saturated rings. The number of rotatable bonds is 17. The van der Waals surface area contributed by atoms with Gasteiger partial charge in [-0.05, 0) is 108 Å². The molecule has 9 rings (SSSR count). The van der Waals surface area contributed by atoms with Crippen LogP contribution in [0.5, 0.6) is 11.5 Å². The third-order valence-corrected chi connectivity index (χ3v) is 58.8. The molecule has 0 bridgehead atoms. The Kier molecular flexibility index (Phi) is 31.5. The first-order chi connectivity index (χ1) is 36.9. The van der Waals surface area contributed by atoms with E-state index in [0.717, 1.165) is 97.4 Å². The first-order valence-electron chi connectivity index (χ1n) is 24.5. The molecule has 81 heavy (non-hydrogen) atoms. The number of hydrogen-bond donors (Lipinski definition) is 4. The number of nitrogens with one attached hydrogen (secondary N) is 2. The van der Waals surface area contributed by atoms with Crippen LogP contribution in [0, 0.1) is 0 Å². The van der Waals surface area contributed by atoms with Crippen LogP contribution in [0.1, 0.15) is 41.5 Å². The fourth-order valence-electron chi connectivity index (χ4n) is 6.71. The Bertz CT molecular complexity index is 3480. The number of halogens is 1. The van der Waals surface area contributed by atoms with Gasteiger partial charge >= 0.3 is 103 Å². The third-order valence-electron chi connectivity index (χ3n) is 13.0. The van der Waals surface area contributed by atoms with Gasteiger partial charge < -0.3 is 50.6 Å². The number of thiophene rings is 2. The number of aromatic nitrogens is 4. The van der Waals surface area contributed by atoms with Gasteiger partial charge in [0.2, 0.25) is 23.4 Å². The van der Waals surface area contributed by atoms with E-state index >= 15 is 0 Å². The predicted octanol–water partition coefficient (Wildman–Crippen LogP) is 15.5. The molecule has 4 aromatic carbocycles. The molecular weight excluding hydrogens is 1450 g/mol. The van der Waals surface area contributed by atoms with E-state index in [-0.39, 0.29) is 133 Å². The minimum atomic E-state index is -3.23. The number of hydrogen-bond acceptors (Lipinski definition) is 13. The van der Waals surface area contributed by atoms with Crippen molar-refractivity contribution < 1.29 is 151 Å². The summed E-state index contributed by atoms with van der Waals surface area (Å²) in [6.07, 6.45) is 4.91. The molecule has 6 atom stereocenters. The monoisotopic (exact) mass is 1510 g/mol. The standard InChI is InChI=1S/C28H29N3O2SSi.C24H26BrN3OSSi.CH10O3P8.2K.Pd/c1-28(2,3)35(4,5)33-22-9-6-8-21(16-22)31-27-26-23(29-18-30-27)17-25(34-26)20-13-11-19(12-14-20)24-10-7-15-32-24;1-24(2,3)31(4,5)29-19-8-6-7-18(13-19)28-23-22-20(26-15-27-23)14-21(30-22)16-9-11-17(25)12-10-16;1-6-8-9-10-11(5)12(3,4)7-2;;;/h6-18H,1-5H3,(H,29,30,31);6-15H,1-5H3,(H,26,27,28);2,5-7,9-10H,1H3,(H,3,4);;;/q;;-2;2*+1;. The SMILES string of the molecule is CC(C)(C)[Si](C)(C)Oc1cccc(Nc2ncnc3cc(-c4ccc(-c5ccco5)cc4)sc23)c1.CC(C)(C)[Si](C)(C)Oc1cccc(Nc2ncnc3cc(-c4ccc(Br)cc4)sc23)c1.CP[P-]PPP([PH-])P(=O)(O)PO.[K+].[K+].[Pd]. The van der Waals surface area contributed by atoms with E-state index in [9.17, 15) is 9.46 Å². The summed E-state index contributed by atoms with van der Waals surface area (Å²) in [6, 6.07) is 41.1. The molecule has 5 heterocycles. The van der Waals surface area contributed by atoms with Crippen LogP contribution in [0.4, 0.5) is 23.0 Å². The van der Waals surface area contributed by atoms with E-state index < -0.39 is 38.9 Å². The third kappa shape index (κ3) is 21.6. The number of benzene rings is 4. The van der Waals surface area contributed by atoms with Gasteiger partial charge in [-0.2, -0.15) is 0 Å². The summed E-state index contributed by atoms with van der Waals surface area (Å²) in [5.74, 6) is 4.25. The fraction of sp³-hybridized carbons (Fsp3) is 0.245. The molecule has 4 N–H and O–H groups in total. The quantitative estimate of drug-likeness (QED) is 0.0388. The fourth-order valence-corrected chi connectivity index (χ4v) is 46.2. The first kappa shape index (κ1) is 74.9. The minimum absolute atomic E-state index is 0. The number of nitrogens with zero attached hydrogens (tertiary/aromatic N) is 4. The second-order valence-electron chi connectivity index (χ2n) is 20.7. The molecule has 0 saturated heterocycles. The van der Waals surface area contributed by atoms with Crippen molar-refractivity contribution in [2.24, 2.45) is 0 Å². The topological polar surface area (TPSA) is 165 Å². The summed E-state index contributed by atoms with van der Waals surface area (Å²) in [7, 11) is 2.13. The Balaban J connectivity index is 0.000000283. The molecule has 0 saturated carbocycles. The summed E-state index contributed by atoms with van der Waals surface area (Å²) in [6.45, 7) is 20.4. The molecule has 12 nitrogen and oxygen atoms in total. The van der Waals surface area contributed by atoms with E-state index in [1.165, 1.54) is 18.4 Å². The molecule has 422 valence electrons. The van der Waals surface area contributed by atoms with E-state index in [4.69, 9.17) is 18.2 Å². The second-order valence-corrected chi connectivity index (χ2v) is 58.2. The summed E-state index contributed by atoms with van der Waals surface area (Å²) in [5.41, 5.74) is 7.12. The largest absolute Gasteiger partial charge is 1.00 e. The normalized spacial score (nSPS) is 13.4. The van der Waals surface area contributed by atoms with Crippen LogP contribution in [0.3, 0.4) is 0 Å². The molecule has 0 amide bonds. The molecule has 0 radical (unpaired) electrons. The number of furan rings is 1. The molecule has 0 aliphatic rings. The Labute approximate surface area is 606 Å². The van der Waals surface area contributed by atoms with Crippen LogP contribution in [0.2, 0.25) is 36.3 Å². The maximum Gasteiger partial charge on any atom is 1.00 e. The van der Waals surface area contributed by atoms with Crippen LogP contribution in [-0.2, 0) is 25.0 Å². The molecule has 0 aliphatic heterocycles. The van der Waals surface area contributed by atoms with Crippen molar-refractivity contribution in [2.45, 2.75) is 77.8 Å². The van der Waals surface area contributed by atoms with Crippen molar-refractivity contribution in [1.29, 1.82) is 0 Å². The van der Waals surface area contributed by atoms with Crippen LogP contribution in [-0.4, -0.2) is 53.0 Å². The summed E-state index contributed by atoms with van der Waals surface area (Å²) in [4.78, 5) is 38.2. The number of anilines is 4. The van der Waals surface area contributed by atoms with Gasteiger partial charge in [0.15, 0.2) is 11.6 Å². The van der Waals surface area contributed by atoms with Crippen molar-refractivity contribution in [3.05, 3.63) is 145 Å². The smallest absolute Gasteiger partial charge is 0.543 e. The molecule has 0 spiro atoms. The van der Waals surface area contributed by atoms with Gasteiger partial charge in [-0.3, -0.25) is 20.8 Å². The van der Waals surface area contributed by atoms with Crippen molar-refractivity contribution in [3.63, 3.8) is 0 Å². The zero-order chi connectivity index (χ0) is 56.5. The van der Waals surface area contributed by atoms with E-state index in [1.54, 1.807) is 41.6 Å². The van der Waals surface area contributed by atoms with E-state index in [2.05, 4.69) is 203 Å². The molecule has 0 aliphatic carbocycles. The van der Waals surface area contributed by atoms with Gasteiger partial charge in [-0.15, -0.1) is 37.6 Å². The van der Waals surface area contributed by atoms with Crippen molar-refractivity contribution in [3.8, 4) is 43.7 Å². The Morgan fingerprint density at radius 3 is 1.54 bits per heavy atom. The van der Waals surface area contributed by atoms with Gasteiger partial charge in [-0.1, -0.05) is 113 Å². The number of fused-ring (bicyclic) bond motifs is 2. The van der Waals surface area contributed by atoms with Gasteiger partial charge in [0.1, 0.15) is 38.4 Å². The van der Waals surface area contributed by atoms with E-state index in [0.29, 0.717) is 7.96 Å². The minimum Gasteiger partial charge on any atom is -0.543 e. The summed E-state index contributed by atoms with van der Waals surface area (Å²) < 4.78 is 32.8. The van der Waals surface area contributed by atoms with Gasteiger partial charge in [0, 0.05) is 63.7 Å². The average molecular weight is 1510 g/mol. The zero-order valence-corrected chi connectivity index (χ0v) is 68.2. The average Bonchev–Trinajstić information content (AvgIpc) is 4.34. The molecule has 9 aromatic rings. The van der Waals surface area contributed by atoms with E-state index in [1.807, 2.05) is 48.5 Å². The van der Waals surface area contributed by atoms with Crippen LogP contribution >= 0.6 is 102 Å². The van der Waals surface area contributed by atoms with Crippen LogP contribution < -0.4 is 122 Å². The summed E-state index contributed by atoms with van der Waals surface area (Å²) >= 11 is 6.87. The first-order valence-corrected chi connectivity index (χ1v) is 47.5. The van der Waals surface area contributed by atoms with Crippen molar-refractivity contribution in [2.75, 3.05) is 17.3 Å². The van der Waals surface area contributed by atoms with Crippen LogP contribution in [0.15, 0.2) is 149 Å². The second kappa shape index (κ2) is 34.0. The van der Waals surface area contributed by atoms with Gasteiger partial charge in [0.25, 0.3) is 0 Å². The zero-order valence-electron chi connectivity index (χ0n) is 47.4. The Hall–Kier alpha value is 1.45. The predicted molar refractivity (Wildman–Crippen MR) is 360 cm³/mol. The van der Waals surface area contributed by atoms with Crippen molar-refractivity contribution >= 4 is 162 Å².